The molecule has 0 saturated carbocycles. The summed E-state index contributed by atoms with van der Waals surface area (Å²) >= 11 is 0. The van der Waals surface area contributed by atoms with E-state index < -0.39 is 0 Å². The first kappa shape index (κ1) is 21.1. The fourth-order valence-corrected chi connectivity index (χ4v) is 3.09. The summed E-state index contributed by atoms with van der Waals surface area (Å²) in [5.41, 5.74) is 3.73. The van der Waals surface area contributed by atoms with Gasteiger partial charge in [-0.15, -0.1) is 0 Å². The van der Waals surface area contributed by atoms with Gasteiger partial charge in [-0.1, -0.05) is 66.7 Å². The molecule has 0 atom stereocenters. The summed E-state index contributed by atoms with van der Waals surface area (Å²) < 4.78 is 0. The molecule has 0 fully saturated rings. The molecule has 0 unspecified atom stereocenters. The fraction of sp³-hybridized carbons (Fsp3) is 0.200. The molecule has 0 bridgehead atoms. The minimum atomic E-state index is -0.0327. The van der Waals surface area contributed by atoms with Gasteiger partial charge in [0.2, 0.25) is 11.8 Å². The quantitative estimate of drug-likeness (QED) is 0.561. The van der Waals surface area contributed by atoms with Crippen LogP contribution in [-0.2, 0) is 22.6 Å². The van der Waals surface area contributed by atoms with Crippen molar-refractivity contribution >= 4 is 23.2 Å². The fourth-order valence-electron chi connectivity index (χ4n) is 3.09. The summed E-state index contributed by atoms with van der Waals surface area (Å²) in [6, 6.07) is 27.2. The summed E-state index contributed by atoms with van der Waals surface area (Å²) in [7, 11) is 1.79. The van der Waals surface area contributed by atoms with Crippen molar-refractivity contribution in [2.75, 3.05) is 24.2 Å². The van der Waals surface area contributed by atoms with Gasteiger partial charge in [-0.2, -0.15) is 0 Å². The van der Waals surface area contributed by atoms with E-state index >= 15 is 0 Å². The third kappa shape index (κ3) is 6.78. The second-order valence-corrected chi connectivity index (χ2v) is 7.20. The molecule has 3 rings (SSSR count). The van der Waals surface area contributed by atoms with Gasteiger partial charge >= 0.3 is 0 Å². The van der Waals surface area contributed by atoms with Crippen molar-refractivity contribution in [1.82, 2.24) is 4.90 Å². The van der Waals surface area contributed by atoms with Gasteiger partial charge < -0.3 is 15.5 Å². The molecular weight excluding hydrogens is 374 g/mol. The highest BCUT2D eigenvalue weighted by Crippen LogP contribution is 2.16. The summed E-state index contributed by atoms with van der Waals surface area (Å²) in [5, 5.41) is 6.06. The largest absolute Gasteiger partial charge is 0.376 e. The molecule has 3 aromatic rings. The number of anilines is 2. The lowest BCUT2D eigenvalue weighted by atomic mass is 10.1. The maximum Gasteiger partial charge on any atom is 0.241 e. The van der Waals surface area contributed by atoms with Crippen molar-refractivity contribution in [3.63, 3.8) is 0 Å². The van der Waals surface area contributed by atoms with E-state index in [4.69, 9.17) is 0 Å². The first-order valence-corrected chi connectivity index (χ1v) is 10.1. The number of carbonyl (C=O) groups is 2. The highest BCUT2D eigenvalue weighted by molar-refractivity contribution is 5.91. The van der Waals surface area contributed by atoms with Crippen LogP contribution < -0.4 is 10.6 Å². The number of benzene rings is 3. The summed E-state index contributed by atoms with van der Waals surface area (Å²) in [4.78, 5) is 26.3. The molecule has 3 aromatic carbocycles. The maximum absolute atomic E-state index is 12.4. The Kier molecular flexibility index (Phi) is 7.61. The van der Waals surface area contributed by atoms with Crippen LogP contribution in [0.1, 0.15) is 17.5 Å². The number of nitrogens with one attached hydrogen (secondary N) is 2. The average molecular weight is 402 g/mol. The van der Waals surface area contributed by atoms with Crippen molar-refractivity contribution in [3.8, 4) is 0 Å². The zero-order chi connectivity index (χ0) is 21.2. The van der Waals surface area contributed by atoms with Gasteiger partial charge in [-0.3, -0.25) is 9.59 Å². The minimum Gasteiger partial charge on any atom is -0.376 e. The van der Waals surface area contributed by atoms with Crippen molar-refractivity contribution in [1.29, 1.82) is 0 Å². The SMILES string of the molecule is CN(Cc1ccccc1)C(=O)CNc1cccc(NC(=O)CCc2ccccc2)c1. The van der Waals surface area contributed by atoms with Gasteiger partial charge in [0.15, 0.2) is 0 Å². The van der Waals surface area contributed by atoms with Crippen LogP contribution >= 0.6 is 0 Å². The van der Waals surface area contributed by atoms with Crippen LogP contribution in [-0.4, -0.2) is 30.3 Å². The smallest absolute Gasteiger partial charge is 0.241 e. The molecule has 0 aromatic heterocycles. The number of hydrogen-bond donors (Lipinski definition) is 2. The molecule has 0 saturated heterocycles. The number of carbonyl (C=O) groups excluding carboxylic acids is 2. The molecule has 0 aliphatic rings. The van der Waals surface area contributed by atoms with E-state index in [0.717, 1.165) is 16.8 Å². The first-order valence-electron chi connectivity index (χ1n) is 10.1. The van der Waals surface area contributed by atoms with Crippen molar-refractivity contribution in [2.45, 2.75) is 19.4 Å². The zero-order valence-electron chi connectivity index (χ0n) is 17.2. The number of aryl methyl sites for hydroxylation is 1. The maximum atomic E-state index is 12.4. The van der Waals surface area contributed by atoms with Gasteiger partial charge in [0.25, 0.3) is 0 Å². The van der Waals surface area contributed by atoms with Gasteiger partial charge in [-0.05, 0) is 35.7 Å². The van der Waals surface area contributed by atoms with Crippen molar-refractivity contribution < 1.29 is 9.59 Å². The number of nitrogens with zero attached hydrogens (tertiary/aromatic N) is 1. The van der Waals surface area contributed by atoms with Crippen molar-refractivity contribution in [2.24, 2.45) is 0 Å². The first-order chi connectivity index (χ1) is 14.6. The minimum absolute atomic E-state index is 0.00356. The molecule has 0 radical (unpaired) electrons. The molecule has 30 heavy (non-hydrogen) atoms. The highest BCUT2D eigenvalue weighted by Gasteiger charge is 2.09. The topological polar surface area (TPSA) is 61.4 Å². The Morgan fingerprint density at radius 2 is 1.43 bits per heavy atom. The van der Waals surface area contributed by atoms with Crippen LogP contribution in [0.25, 0.3) is 0 Å². The van der Waals surface area contributed by atoms with E-state index in [1.807, 2.05) is 84.9 Å². The van der Waals surface area contributed by atoms with E-state index in [1.54, 1.807) is 11.9 Å². The molecule has 0 aliphatic heterocycles. The van der Waals surface area contributed by atoms with Crippen LogP contribution in [0.3, 0.4) is 0 Å². The van der Waals surface area contributed by atoms with Gasteiger partial charge in [0.05, 0.1) is 6.54 Å². The zero-order valence-corrected chi connectivity index (χ0v) is 17.2. The average Bonchev–Trinajstić information content (AvgIpc) is 2.77. The van der Waals surface area contributed by atoms with E-state index in [0.29, 0.717) is 25.1 Å². The molecule has 0 aliphatic carbocycles. The normalized spacial score (nSPS) is 10.3. The molecule has 5 nitrogen and oxygen atoms in total. The standard InChI is InChI=1S/C25H27N3O2/c1-28(19-21-11-6-3-7-12-21)25(30)18-26-22-13-8-14-23(17-22)27-24(29)16-15-20-9-4-2-5-10-20/h2-14,17,26H,15-16,18-19H2,1H3,(H,27,29). The van der Waals surface area contributed by atoms with E-state index in [2.05, 4.69) is 10.6 Å². The lowest BCUT2D eigenvalue weighted by Crippen LogP contribution is -2.31. The van der Waals surface area contributed by atoms with Crippen LogP contribution in [0, 0.1) is 0 Å². The van der Waals surface area contributed by atoms with Gasteiger partial charge in [0, 0.05) is 31.4 Å². The Morgan fingerprint density at radius 1 is 0.800 bits per heavy atom. The molecular formula is C25H27N3O2. The van der Waals surface area contributed by atoms with Crippen LogP contribution in [0.5, 0.6) is 0 Å². The molecule has 2 amide bonds. The molecule has 0 spiro atoms. The Morgan fingerprint density at radius 3 is 2.13 bits per heavy atom. The van der Waals surface area contributed by atoms with Gasteiger partial charge in [0.1, 0.15) is 0 Å². The monoisotopic (exact) mass is 401 g/mol. The Bertz CT molecular complexity index is 958. The second kappa shape index (κ2) is 10.8. The Hall–Kier alpha value is -3.60. The molecule has 2 N–H and O–H groups in total. The van der Waals surface area contributed by atoms with Crippen molar-refractivity contribution in [3.05, 3.63) is 96.1 Å². The van der Waals surface area contributed by atoms with E-state index in [1.165, 1.54) is 0 Å². The third-order valence-corrected chi connectivity index (χ3v) is 4.76. The van der Waals surface area contributed by atoms with Crippen LogP contribution in [0.2, 0.25) is 0 Å². The molecule has 0 heterocycles. The predicted octanol–water partition coefficient (Wildman–Crippen LogP) is 4.33. The van der Waals surface area contributed by atoms with Gasteiger partial charge in [-0.25, -0.2) is 0 Å². The Labute approximate surface area is 177 Å². The second-order valence-electron chi connectivity index (χ2n) is 7.20. The number of likely N-dealkylation sites (N-methyl/N-ethyl adjacent to an activating group) is 1. The van der Waals surface area contributed by atoms with E-state index in [-0.39, 0.29) is 18.4 Å². The summed E-state index contributed by atoms with van der Waals surface area (Å²) in [6.07, 6.45) is 1.12. The lowest BCUT2D eigenvalue weighted by Gasteiger charge is -2.18. The van der Waals surface area contributed by atoms with Crippen LogP contribution in [0.15, 0.2) is 84.9 Å². The summed E-state index contributed by atoms with van der Waals surface area (Å²) in [5.74, 6) is -0.0363. The Balaban J connectivity index is 1.46. The molecule has 5 heteroatoms. The lowest BCUT2D eigenvalue weighted by molar-refractivity contribution is -0.128. The van der Waals surface area contributed by atoms with E-state index in [9.17, 15) is 9.59 Å². The van der Waals surface area contributed by atoms with Crippen LogP contribution in [0.4, 0.5) is 11.4 Å². The molecule has 154 valence electrons. The number of amides is 2. The highest BCUT2D eigenvalue weighted by atomic mass is 16.2. The third-order valence-electron chi connectivity index (χ3n) is 4.76. The predicted molar refractivity (Wildman–Crippen MR) is 121 cm³/mol. The summed E-state index contributed by atoms with van der Waals surface area (Å²) in [6.45, 7) is 0.758. The number of rotatable bonds is 9. The number of hydrogen-bond acceptors (Lipinski definition) is 3.